The van der Waals surface area contributed by atoms with Crippen LogP contribution in [0.15, 0.2) is 83.1 Å². The van der Waals surface area contributed by atoms with Crippen molar-refractivity contribution in [2.24, 2.45) is 5.92 Å². The Morgan fingerprint density at radius 1 is 1.09 bits per heavy atom. The average Bonchev–Trinajstić information content (AvgIpc) is 3.36. The summed E-state index contributed by atoms with van der Waals surface area (Å²) in [7, 11) is 0. The summed E-state index contributed by atoms with van der Waals surface area (Å²) >= 11 is 6.37. The molecule has 2 aromatic carbocycles. The molecule has 0 saturated carbocycles. The molecule has 3 unspecified atom stereocenters. The van der Waals surface area contributed by atoms with Gasteiger partial charge in [-0.1, -0.05) is 53.6 Å². The summed E-state index contributed by atoms with van der Waals surface area (Å²) in [5.74, 6) is 1.30. The highest BCUT2D eigenvalue weighted by Gasteiger charge is 2.43. The molecule has 2 heterocycles. The average molecular weight is 610 g/mol. The molecule has 5 rings (SSSR count). The van der Waals surface area contributed by atoms with Gasteiger partial charge in [0.1, 0.15) is 17.5 Å². The third-order valence-corrected chi connectivity index (χ3v) is 8.40. The van der Waals surface area contributed by atoms with Crippen LogP contribution in [0.25, 0.3) is 0 Å². The number of aliphatic hydroxyl groups excluding tert-OH is 3. The molecule has 0 saturated heterocycles. The highest BCUT2D eigenvalue weighted by molar-refractivity contribution is 6.31. The van der Waals surface area contributed by atoms with Gasteiger partial charge < -0.3 is 30.1 Å². The largest absolute Gasteiger partial charge is 0.493 e. The first-order valence-electron chi connectivity index (χ1n) is 14.8. The molecule has 1 amide bonds. The summed E-state index contributed by atoms with van der Waals surface area (Å²) < 4.78 is 11.7. The Hall–Kier alpha value is -3.34. The smallest absolute Gasteiger partial charge is 0.416 e. The standard InChI is InChI=1S/C33H40ClN3O6/c1-22-2-7-27(8-3-22)43-33(41)37-14-12-28-29-20-24(34)6-11-30(29)35-31(28)32(37)23-4-9-26(10-5-23)42-19-13-25(40)21-36(15-17-38)16-18-39/h2-11,20,25,29-30,32,35,38-40H,12-19,21H2,1H3/t25?,29?,30?,32-/m0/s1. The monoisotopic (exact) mass is 609 g/mol. The molecule has 0 spiro atoms. The number of rotatable bonds is 12. The number of carbonyl (C=O) groups excluding carboxylic acids is 1. The number of carbonyl (C=O) groups is 1. The first kappa shape index (κ1) is 31.1. The topological polar surface area (TPSA) is 115 Å². The van der Waals surface area contributed by atoms with Crippen LogP contribution in [0.1, 0.15) is 30.0 Å². The number of hydrogen-bond acceptors (Lipinski definition) is 8. The normalized spacial score (nSPS) is 21.7. The molecule has 0 fully saturated rings. The van der Waals surface area contributed by atoms with Gasteiger partial charge in [-0.15, -0.1) is 0 Å². The Labute approximate surface area is 257 Å². The van der Waals surface area contributed by atoms with E-state index in [0.29, 0.717) is 50.7 Å². The number of ether oxygens (including phenoxy) is 2. The van der Waals surface area contributed by atoms with Crippen LogP contribution in [0.3, 0.4) is 0 Å². The molecule has 230 valence electrons. The molecule has 1 aliphatic carbocycles. The maximum absolute atomic E-state index is 13.5. The van der Waals surface area contributed by atoms with E-state index in [1.54, 1.807) is 17.0 Å². The fourth-order valence-electron chi connectivity index (χ4n) is 5.97. The molecule has 4 N–H and O–H groups in total. The number of hydrogen-bond donors (Lipinski definition) is 4. The lowest BCUT2D eigenvalue weighted by Crippen LogP contribution is -2.43. The molecule has 2 aliphatic heterocycles. The second kappa shape index (κ2) is 14.4. The van der Waals surface area contributed by atoms with Crippen molar-refractivity contribution in [3.8, 4) is 11.5 Å². The lowest BCUT2D eigenvalue weighted by atomic mass is 9.85. The zero-order valence-electron chi connectivity index (χ0n) is 24.4. The lowest BCUT2D eigenvalue weighted by molar-refractivity contribution is 0.0731. The fourth-order valence-corrected chi connectivity index (χ4v) is 6.18. The predicted octanol–water partition coefficient (Wildman–Crippen LogP) is 3.89. The number of allylic oxidation sites excluding steroid dienone is 2. The highest BCUT2D eigenvalue weighted by atomic mass is 35.5. The number of nitrogens with one attached hydrogen (secondary N) is 1. The molecule has 43 heavy (non-hydrogen) atoms. The lowest BCUT2D eigenvalue weighted by Gasteiger charge is -2.37. The van der Waals surface area contributed by atoms with Crippen LogP contribution in [-0.4, -0.2) is 89.4 Å². The number of halogens is 1. The second-order valence-corrected chi connectivity index (χ2v) is 11.6. The fraction of sp³-hybridized carbons (Fsp3) is 0.424. The van der Waals surface area contributed by atoms with Crippen LogP contribution < -0.4 is 14.8 Å². The molecule has 0 bridgehead atoms. The number of benzene rings is 2. The van der Waals surface area contributed by atoms with Crippen molar-refractivity contribution in [3.05, 3.63) is 94.2 Å². The Morgan fingerprint density at radius 2 is 1.79 bits per heavy atom. The van der Waals surface area contributed by atoms with Gasteiger partial charge in [-0.05, 0) is 54.8 Å². The van der Waals surface area contributed by atoms with Crippen molar-refractivity contribution in [2.45, 2.75) is 38.0 Å². The Kier molecular flexibility index (Phi) is 10.4. The number of nitrogens with zero attached hydrogens (tertiary/aromatic N) is 2. The third-order valence-electron chi connectivity index (χ3n) is 8.14. The van der Waals surface area contributed by atoms with Gasteiger partial charge in [0.25, 0.3) is 0 Å². The van der Waals surface area contributed by atoms with E-state index in [1.807, 2.05) is 54.3 Å². The van der Waals surface area contributed by atoms with E-state index in [2.05, 4.69) is 17.5 Å². The molecule has 9 nitrogen and oxygen atoms in total. The van der Waals surface area contributed by atoms with Crippen molar-refractivity contribution in [2.75, 3.05) is 46.0 Å². The quantitative estimate of drug-likeness (QED) is 0.287. The van der Waals surface area contributed by atoms with Crippen LogP contribution >= 0.6 is 11.6 Å². The molecule has 2 aromatic rings. The number of aryl methyl sites for hydroxylation is 1. The van der Waals surface area contributed by atoms with Crippen molar-refractivity contribution >= 4 is 17.7 Å². The molecule has 0 aromatic heterocycles. The van der Waals surface area contributed by atoms with E-state index >= 15 is 0 Å². The highest BCUT2D eigenvalue weighted by Crippen LogP contribution is 2.45. The first-order chi connectivity index (χ1) is 20.9. The van der Waals surface area contributed by atoms with Gasteiger partial charge in [0.05, 0.1) is 32.0 Å². The van der Waals surface area contributed by atoms with Gasteiger partial charge in [-0.25, -0.2) is 4.79 Å². The maximum atomic E-state index is 13.5. The minimum absolute atomic E-state index is 0.0337. The molecular weight excluding hydrogens is 570 g/mol. The van der Waals surface area contributed by atoms with E-state index < -0.39 is 12.2 Å². The number of fused-ring (bicyclic) bond motifs is 2. The van der Waals surface area contributed by atoms with Crippen LogP contribution in [0.2, 0.25) is 0 Å². The van der Waals surface area contributed by atoms with E-state index in [1.165, 1.54) is 5.57 Å². The van der Waals surface area contributed by atoms with Crippen molar-refractivity contribution < 1.29 is 29.6 Å². The van der Waals surface area contributed by atoms with Crippen LogP contribution in [0, 0.1) is 12.8 Å². The van der Waals surface area contributed by atoms with E-state index in [4.69, 9.17) is 21.1 Å². The minimum atomic E-state index is -0.647. The van der Waals surface area contributed by atoms with E-state index in [9.17, 15) is 20.1 Å². The number of aliphatic hydroxyl groups is 3. The second-order valence-electron chi connectivity index (χ2n) is 11.2. The predicted molar refractivity (Wildman–Crippen MR) is 165 cm³/mol. The SMILES string of the molecule is Cc1ccc(OC(=O)N2CCC3=C(NC4C=CC(Cl)=CC34)[C@@H]2c2ccc(OCCC(O)CN(CCO)CCO)cc2)cc1. The third kappa shape index (κ3) is 7.60. The summed E-state index contributed by atoms with van der Waals surface area (Å²) in [6, 6.07) is 14.8. The molecular formula is C33H40ClN3O6. The van der Waals surface area contributed by atoms with Gasteiger partial charge in [0.15, 0.2) is 0 Å². The summed E-state index contributed by atoms with van der Waals surface area (Å²) in [5.41, 5.74) is 4.27. The molecule has 3 aliphatic rings. The van der Waals surface area contributed by atoms with Gasteiger partial charge in [0.2, 0.25) is 0 Å². The Bertz CT molecular complexity index is 1340. The Morgan fingerprint density at radius 3 is 2.49 bits per heavy atom. The summed E-state index contributed by atoms with van der Waals surface area (Å²) in [6.45, 7) is 3.88. The van der Waals surface area contributed by atoms with Gasteiger partial charge in [-0.3, -0.25) is 9.80 Å². The summed E-state index contributed by atoms with van der Waals surface area (Å²) in [5, 5.41) is 33.1. The number of amides is 1. The Balaban J connectivity index is 1.30. The van der Waals surface area contributed by atoms with E-state index in [0.717, 1.165) is 28.3 Å². The molecule has 4 atom stereocenters. The van der Waals surface area contributed by atoms with Crippen molar-refractivity contribution in [1.82, 2.24) is 15.1 Å². The van der Waals surface area contributed by atoms with Crippen molar-refractivity contribution in [3.63, 3.8) is 0 Å². The first-order valence-corrected chi connectivity index (χ1v) is 15.2. The molecule has 0 radical (unpaired) electrons. The summed E-state index contributed by atoms with van der Waals surface area (Å²) in [4.78, 5) is 17.1. The van der Waals surface area contributed by atoms with Gasteiger partial charge >= 0.3 is 6.09 Å². The minimum Gasteiger partial charge on any atom is -0.493 e. The van der Waals surface area contributed by atoms with Gasteiger partial charge in [-0.2, -0.15) is 0 Å². The summed E-state index contributed by atoms with van der Waals surface area (Å²) in [6.07, 6.45) is 6.13. The van der Waals surface area contributed by atoms with Crippen molar-refractivity contribution in [1.29, 1.82) is 0 Å². The maximum Gasteiger partial charge on any atom is 0.416 e. The zero-order valence-corrected chi connectivity index (χ0v) is 25.1. The van der Waals surface area contributed by atoms with Crippen LogP contribution in [0.5, 0.6) is 11.5 Å². The van der Waals surface area contributed by atoms with Crippen LogP contribution in [0.4, 0.5) is 4.79 Å². The molecule has 10 heteroatoms. The van der Waals surface area contributed by atoms with Crippen LogP contribution in [-0.2, 0) is 0 Å². The zero-order chi connectivity index (χ0) is 30.3. The van der Waals surface area contributed by atoms with E-state index in [-0.39, 0.29) is 31.2 Å². The van der Waals surface area contributed by atoms with Gasteiger partial charge in [0, 0.05) is 49.2 Å².